The van der Waals surface area contributed by atoms with Crippen LogP contribution in [0.15, 0.2) is 0 Å². The fourth-order valence-electron chi connectivity index (χ4n) is 2.75. The Labute approximate surface area is 123 Å². The van der Waals surface area contributed by atoms with E-state index < -0.39 is 4.92 Å². The maximum Gasteiger partial charge on any atom is 0.332 e. The first-order chi connectivity index (χ1) is 9.41. The van der Waals surface area contributed by atoms with Gasteiger partial charge in [-0.05, 0) is 36.8 Å². The maximum absolute atomic E-state index is 11.1. The second kappa shape index (κ2) is 5.91. The van der Waals surface area contributed by atoms with Gasteiger partial charge in [0.05, 0.1) is 4.92 Å². The smallest absolute Gasteiger partial charge is 0.332 e. The summed E-state index contributed by atoms with van der Waals surface area (Å²) >= 11 is 5.80. The van der Waals surface area contributed by atoms with Gasteiger partial charge < -0.3 is 5.32 Å². The van der Waals surface area contributed by atoms with E-state index in [1.54, 1.807) is 6.92 Å². The topological polar surface area (TPSA) is 81.0 Å². The number of anilines is 1. The van der Waals surface area contributed by atoms with Crippen molar-refractivity contribution in [3.63, 3.8) is 0 Å². The number of rotatable bonds is 4. The predicted molar refractivity (Wildman–Crippen MR) is 78.1 cm³/mol. The molecule has 110 valence electrons. The number of nitro groups is 1. The summed E-state index contributed by atoms with van der Waals surface area (Å²) in [6, 6.07) is 0. The summed E-state index contributed by atoms with van der Waals surface area (Å²) in [5.41, 5.74) is 0.359. The molecule has 1 aromatic rings. The van der Waals surface area contributed by atoms with Crippen LogP contribution in [0.25, 0.3) is 0 Å². The SMILES string of the molecule is Cc1nc(Cl)nc(NCC2(C)CCCCC2)c1[N+](=O)[O-]. The molecule has 1 heterocycles. The zero-order valence-corrected chi connectivity index (χ0v) is 12.5. The van der Waals surface area contributed by atoms with Crippen molar-refractivity contribution in [3.8, 4) is 0 Å². The monoisotopic (exact) mass is 298 g/mol. The van der Waals surface area contributed by atoms with Gasteiger partial charge in [-0.3, -0.25) is 10.1 Å². The van der Waals surface area contributed by atoms with Crippen LogP contribution in [0, 0.1) is 22.5 Å². The summed E-state index contributed by atoms with van der Waals surface area (Å²) in [5, 5.41) is 14.3. The van der Waals surface area contributed by atoms with Crippen molar-refractivity contribution < 1.29 is 4.92 Å². The van der Waals surface area contributed by atoms with Gasteiger partial charge in [0.2, 0.25) is 11.1 Å². The van der Waals surface area contributed by atoms with Crippen LogP contribution in [0.1, 0.15) is 44.7 Å². The van der Waals surface area contributed by atoms with E-state index in [1.165, 1.54) is 19.3 Å². The van der Waals surface area contributed by atoms with E-state index >= 15 is 0 Å². The van der Waals surface area contributed by atoms with Crippen molar-refractivity contribution in [1.82, 2.24) is 9.97 Å². The number of halogens is 1. The van der Waals surface area contributed by atoms with Crippen LogP contribution in [0.4, 0.5) is 11.5 Å². The fourth-order valence-corrected chi connectivity index (χ4v) is 2.97. The Bertz CT molecular complexity index is 515. The van der Waals surface area contributed by atoms with E-state index in [0.29, 0.717) is 6.54 Å². The van der Waals surface area contributed by atoms with E-state index in [-0.39, 0.29) is 27.9 Å². The lowest BCUT2D eigenvalue weighted by Crippen LogP contribution is -2.29. The second-order valence-electron chi connectivity index (χ2n) is 5.76. The Morgan fingerprint density at radius 2 is 2.00 bits per heavy atom. The number of hydrogen-bond acceptors (Lipinski definition) is 5. The Morgan fingerprint density at radius 3 is 2.60 bits per heavy atom. The molecule has 1 aliphatic carbocycles. The molecule has 2 rings (SSSR count). The van der Waals surface area contributed by atoms with Gasteiger partial charge in [-0.2, -0.15) is 4.98 Å². The van der Waals surface area contributed by atoms with E-state index in [1.807, 2.05) is 0 Å². The van der Waals surface area contributed by atoms with Gasteiger partial charge in [0, 0.05) is 6.54 Å². The highest BCUT2D eigenvalue weighted by atomic mass is 35.5. The van der Waals surface area contributed by atoms with Gasteiger partial charge in [0.25, 0.3) is 0 Å². The number of hydrogen-bond donors (Lipinski definition) is 1. The van der Waals surface area contributed by atoms with Crippen LogP contribution in [0.2, 0.25) is 5.28 Å². The molecule has 0 bridgehead atoms. The normalized spacial score (nSPS) is 17.8. The van der Waals surface area contributed by atoms with E-state index in [4.69, 9.17) is 11.6 Å². The predicted octanol–water partition coefficient (Wildman–Crippen LogP) is 3.73. The summed E-state index contributed by atoms with van der Waals surface area (Å²) in [4.78, 5) is 18.5. The Hall–Kier alpha value is -1.43. The highest BCUT2D eigenvalue weighted by Crippen LogP contribution is 2.36. The molecular weight excluding hydrogens is 280 g/mol. The third-order valence-corrected chi connectivity index (χ3v) is 4.13. The molecule has 0 aromatic carbocycles. The average molecular weight is 299 g/mol. The van der Waals surface area contributed by atoms with Crippen LogP contribution in [0.3, 0.4) is 0 Å². The van der Waals surface area contributed by atoms with Crippen molar-refractivity contribution >= 4 is 23.1 Å². The van der Waals surface area contributed by atoms with E-state index in [0.717, 1.165) is 12.8 Å². The fraction of sp³-hybridized carbons (Fsp3) is 0.692. The molecule has 1 fully saturated rings. The molecule has 0 radical (unpaired) electrons. The summed E-state index contributed by atoms with van der Waals surface area (Å²) in [6.45, 7) is 4.44. The van der Waals surface area contributed by atoms with Gasteiger partial charge in [-0.15, -0.1) is 0 Å². The lowest BCUT2D eigenvalue weighted by Gasteiger charge is -2.33. The third kappa shape index (κ3) is 3.36. The number of nitrogens with one attached hydrogen (secondary N) is 1. The Kier molecular flexibility index (Phi) is 4.42. The molecule has 0 spiro atoms. The quantitative estimate of drug-likeness (QED) is 0.520. The van der Waals surface area contributed by atoms with Crippen LogP contribution in [-0.4, -0.2) is 21.4 Å². The van der Waals surface area contributed by atoms with Gasteiger partial charge >= 0.3 is 5.69 Å². The standard InChI is InChI=1S/C13H19ClN4O2/c1-9-10(18(19)20)11(17-12(14)16-9)15-8-13(2)6-4-3-5-7-13/h3-8H2,1-2H3,(H,15,16,17). The lowest BCUT2D eigenvalue weighted by molar-refractivity contribution is -0.385. The zero-order valence-electron chi connectivity index (χ0n) is 11.8. The van der Waals surface area contributed by atoms with Crippen molar-refractivity contribution in [2.24, 2.45) is 5.41 Å². The molecule has 0 unspecified atom stereocenters. The van der Waals surface area contributed by atoms with Crippen LogP contribution < -0.4 is 5.32 Å². The molecule has 1 N–H and O–H groups in total. The van der Waals surface area contributed by atoms with Crippen molar-refractivity contribution in [2.75, 3.05) is 11.9 Å². The first kappa shape index (κ1) is 15.0. The lowest BCUT2D eigenvalue weighted by atomic mass is 9.76. The minimum Gasteiger partial charge on any atom is -0.364 e. The maximum atomic E-state index is 11.1. The number of nitrogens with zero attached hydrogens (tertiary/aromatic N) is 3. The summed E-state index contributed by atoms with van der Waals surface area (Å²) in [6.07, 6.45) is 5.96. The first-order valence-electron chi connectivity index (χ1n) is 6.84. The minimum absolute atomic E-state index is 0.0318. The van der Waals surface area contributed by atoms with Gasteiger partial charge in [0.15, 0.2) is 0 Å². The van der Waals surface area contributed by atoms with Crippen LogP contribution in [0.5, 0.6) is 0 Å². The molecule has 0 aliphatic heterocycles. The molecular formula is C13H19ClN4O2. The number of aryl methyl sites for hydroxylation is 1. The van der Waals surface area contributed by atoms with Gasteiger partial charge in [0.1, 0.15) is 5.69 Å². The molecule has 1 aromatic heterocycles. The number of aromatic nitrogens is 2. The first-order valence-corrected chi connectivity index (χ1v) is 7.21. The molecule has 0 atom stereocenters. The average Bonchev–Trinajstić information content (AvgIpc) is 2.36. The largest absolute Gasteiger partial charge is 0.364 e. The minimum atomic E-state index is -0.461. The molecule has 7 heteroatoms. The summed E-state index contributed by atoms with van der Waals surface area (Å²) in [5.74, 6) is 0.222. The Morgan fingerprint density at radius 1 is 1.35 bits per heavy atom. The molecule has 1 aliphatic rings. The van der Waals surface area contributed by atoms with Crippen molar-refractivity contribution in [3.05, 3.63) is 21.1 Å². The van der Waals surface area contributed by atoms with Gasteiger partial charge in [-0.1, -0.05) is 26.2 Å². The second-order valence-corrected chi connectivity index (χ2v) is 6.10. The highest BCUT2D eigenvalue weighted by molar-refractivity contribution is 6.28. The Balaban J connectivity index is 2.18. The zero-order chi connectivity index (χ0) is 14.8. The molecule has 20 heavy (non-hydrogen) atoms. The van der Waals surface area contributed by atoms with Gasteiger partial charge in [-0.25, -0.2) is 4.98 Å². The summed E-state index contributed by atoms with van der Waals surface area (Å²) in [7, 11) is 0. The van der Waals surface area contributed by atoms with E-state index in [9.17, 15) is 10.1 Å². The van der Waals surface area contributed by atoms with Crippen molar-refractivity contribution in [1.29, 1.82) is 0 Å². The highest BCUT2D eigenvalue weighted by Gasteiger charge is 2.29. The molecule has 1 saturated carbocycles. The van der Waals surface area contributed by atoms with E-state index in [2.05, 4.69) is 22.2 Å². The summed E-state index contributed by atoms with van der Waals surface area (Å²) < 4.78 is 0. The van der Waals surface area contributed by atoms with Crippen LogP contribution >= 0.6 is 11.6 Å². The molecule has 0 saturated heterocycles. The molecule has 0 amide bonds. The van der Waals surface area contributed by atoms with Crippen LogP contribution in [-0.2, 0) is 0 Å². The third-order valence-electron chi connectivity index (χ3n) is 3.96. The van der Waals surface area contributed by atoms with Crippen molar-refractivity contribution in [2.45, 2.75) is 46.0 Å². The molecule has 6 nitrogen and oxygen atoms in total.